The molecular weight excluding hydrogens is 330 g/mol. The average molecular weight is 353 g/mol. The van der Waals surface area contributed by atoms with Gasteiger partial charge in [0.1, 0.15) is 11.5 Å². The fourth-order valence-corrected chi connectivity index (χ4v) is 3.85. The Balaban J connectivity index is 1.51. The number of phenols is 1. The van der Waals surface area contributed by atoms with Crippen molar-refractivity contribution in [3.8, 4) is 11.5 Å². The highest BCUT2D eigenvalue weighted by molar-refractivity contribution is 5.79. The molecule has 1 aliphatic heterocycles. The van der Waals surface area contributed by atoms with Crippen LogP contribution in [-0.4, -0.2) is 28.8 Å². The highest BCUT2D eigenvalue weighted by Crippen LogP contribution is 2.39. The van der Waals surface area contributed by atoms with E-state index in [2.05, 4.69) is 11.4 Å². The molecule has 1 saturated carbocycles. The fraction of sp³-hybridized carbons (Fsp3) is 0.381. The number of amides is 1. The topological polar surface area (TPSA) is 78.8 Å². The van der Waals surface area contributed by atoms with Crippen molar-refractivity contribution >= 4 is 5.91 Å². The summed E-state index contributed by atoms with van der Waals surface area (Å²) >= 11 is 0. The van der Waals surface area contributed by atoms with Gasteiger partial charge in [-0.3, -0.25) is 4.79 Å². The van der Waals surface area contributed by atoms with Crippen LogP contribution in [0.4, 0.5) is 0 Å². The van der Waals surface area contributed by atoms with Gasteiger partial charge >= 0.3 is 0 Å². The number of hydrogen-bond acceptors (Lipinski definition) is 4. The highest BCUT2D eigenvalue weighted by Gasteiger charge is 2.36. The molecule has 2 aromatic carbocycles. The van der Waals surface area contributed by atoms with Crippen molar-refractivity contribution in [2.75, 3.05) is 6.61 Å². The maximum absolute atomic E-state index is 12.6. The molecule has 1 heterocycles. The van der Waals surface area contributed by atoms with Crippen LogP contribution in [0.3, 0.4) is 0 Å². The number of fused-ring (bicyclic) bond motifs is 1. The number of aliphatic hydroxyl groups excluding tert-OH is 1. The van der Waals surface area contributed by atoms with Crippen LogP contribution in [0.25, 0.3) is 0 Å². The summed E-state index contributed by atoms with van der Waals surface area (Å²) in [5.41, 5.74) is 3.02. The first-order valence-electron chi connectivity index (χ1n) is 9.09. The predicted molar refractivity (Wildman–Crippen MR) is 97.1 cm³/mol. The first-order chi connectivity index (χ1) is 12.6. The SMILES string of the molecule is O=C(Cc1cccc(O)c1)NC(c1ccc2c(c1)CCO2)C1CC(O)C1. The molecular formula is C21H23NO4. The first kappa shape index (κ1) is 16.9. The molecule has 1 aliphatic carbocycles. The third-order valence-electron chi connectivity index (χ3n) is 5.29. The van der Waals surface area contributed by atoms with E-state index in [-0.39, 0.29) is 36.1 Å². The zero-order valence-corrected chi connectivity index (χ0v) is 14.5. The number of carbonyl (C=O) groups excluding carboxylic acids is 1. The van der Waals surface area contributed by atoms with Gasteiger partial charge < -0.3 is 20.3 Å². The number of ether oxygens (including phenoxy) is 1. The van der Waals surface area contributed by atoms with E-state index in [1.54, 1.807) is 18.2 Å². The molecule has 2 aliphatic rings. The van der Waals surface area contributed by atoms with Crippen LogP contribution in [0.5, 0.6) is 11.5 Å². The molecule has 0 radical (unpaired) electrons. The van der Waals surface area contributed by atoms with Crippen molar-refractivity contribution in [3.63, 3.8) is 0 Å². The predicted octanol–water partition coefficient (Wildman–Crippen LogP) is 2.50. The summed E-state index contributed by atoms with van der Waals surface area (Å²) in [6.45, 7) is 0.704. The van der Waals surface area contributed by atoms with Crippen molar-refractivity contribution in [2.45, 2.75) is 37.8 Å². The van der Waals surface area contributed by atoms with E-state index in [0.717, 1.165) is 23.3 Å². The van der Waals surface area contributed by atoms with Crippen LogP contribution < -0.4 is 10.1 Å². The lowest BCUT2D eigenvalue weighted by atomic mass is 9.74. The summed E-state index contributed by atoms with van der Waals surface area (Å²) in [5.74, 6) is 1.23. The maximum atomic E-state index is 12.6. The summed E-state index contributed by atoms with van der Waals surface area (Å²) in [4.78, 5) is 12.6. The molecule has 3 N–H and O–H groups in total. The lowest BCUT2D eigenvalue weighted by molar-refractivity contribution is -0.122. The molecule has 1 unspecified atom stereocenters. The Kier molecular flexibility index (Phi) is 4.55. The average Bonchev–Trinajstić information content (AvgIpc) is 3.05. The van der Waals surface area contributed by atoms with Crippen molar-refractivity contribution < 1.29 is 19.7 Å². The van der Waals surface area contributed by atoms with E-state index in [4.69, 9.17) is 4.74 Å². The minimum absolute atomic E-state index is 0.0845. The van der Waals surface area contributed by atoms with Gasteiger partial charge in [0.2, 0.25) is 5.91 Å². The van der Waals surface area contributed by atoms with Crippen LogP contribution in [0.1, 0.15) is 35.6 Å². The van der Waals surface area contributed by atoms with Gasteiger partial charge in [0.15, 0.2) is 0 Å². The van der Waals surface area contributed by atoms with Crippen molar-refractivity contribution in [1.29, 1.82) is 0 Å². The largest absolute Gasteiger partial charge is 0.508 e. The van der Waals surface area contributed by atoms with Crippen LogP contribution in [-0.2, 0) is 17.6 Å². The van der Waals surface area contributed by atoms with E-state index in [0.29, 0.717) is 19.4 Å². The summed E-state index contributed by atoms with van der Waals surface area (Å²) in [6.07, 6.45) is 2.23. The Morgan fingerprint density at radius 3 is 2.85 bits per heavy atom. The Labute approximate surface area is 152 Å². The minimum Gasteiger partial charge on any atom is -0.508 e. The number of nitrogens with one attached hydrogen (secondary N) is 1. The van der Waals surface area contributed by atoms with Crippen molar-refractivity contribution in [1.82, 2.24) is 5.32 Å². The number of aromatic hydroxyl groups is 1. The van der Waals surface area contributed by atoms with Crippen molar-refractivity contribution in [3.05, 3.63) is 59.2 Å². The smallest absolute Gasteiger partial charge is 0.224 e. The van der Waals surface area contributed by atoms with E-state index in [1.807, 2.05) is 18.2 Å². The molecule has 5 heteroatoms. The number of phenolic OH excluding ortho intramolecular Hbond substituents is 1. The molecule has 0 spiro atoms. The van der Waals surface area contributed by atoms with Crippen LogP contribution in [0.15, 0.2) is 42.5 Å². The third-order valence-corrected chi connectivity index (χ3v) is 5.29. The van der Waals surface area contributed by atoms with E-state index in [9.17, 15) is 15.0 Å². The van der Waals surface area contributed by atoms with E-state index >= 15 is 0 Å². The minimum atomic E-state index is -0.275. The van der Waals surface area contributed by atoms with E-state index < -0.39 is 0 Å². The number of aliphatic hydroxyl groups is 1. The van der Waals surface area contributed by atoms with Gasteiger partial charge in [-0.25, -0.2) is 0 Å². The molecule has 4 rings (SSSR count). The summed E-state index contributed by atoms with van der Waals surface area (Å²) in [5, 5.41) is 22.4. The van der Waals surface area contributed by atoms with Crippen LogP contribution >= 0.6 is 0 Å². The number of rotatable bonds is 5. The zero-order valence-electron chi connectivity index (χ0n) is 14.5. The van der Waals surface area contributed by atoms with Gasteiger partial charge in [-0.2, -0.15) is 0 Å². The standard InChI is InChI=1S/C21H23NO4/c23-17-3-1-2-13(8-17)9-20(25)22-21(16-11-18(24)12-16)15-4-5-19-14(10-15)6-7-26-19/h1-5,8,10,16,18,21,23-24H,6-7,9,11-12H2,(H,22,25). The molecule has 26 heavy (non-hydrogen) atoms. The molecule has 1 atom stereocenters. The summed E-state index contributed by atoms with van der Waals surface area (Å²) < 4.78 is 5.57. The number of carbonyl (C=O) groups is 1. The molecule has 2 aromatic rings. The quantitative estimate of drug-likeness (QED) is 0.772. The Bertz CT molecular complexity index is 813. The lowest BCUT2D eigenvalue weighted by Gasteiger charge is -2.38. The van der Waals surface area contributed by atoms with E-state index in [1.165, 1.54) is 5.56 Å². The lowest BCUT2D eigenvalue weighted by Crippen LogP contribution is -2.41. The maximum Gasteiger partial charge on any atom is 0.224 e. The van der Waals surface area contributed by atoms with Gasteiger partial charge in [-0.05, 0) is 59.7 Å². The Morgan fingerprint density at radius 2 is 2.08 bits per heavy atom. The molecule has 1 amide bonds. The summed E-state index contributed by atoms with van der Waals surface area (Å²) in [6, 6.07) is 12.7. The Hall–Kier alpha value is -2.53. The van der Waals surface area contributed by atoms with Gasteiger partial charge in [-0.1, -0.05) is 18.2 Å². The second-order valence-corrected chi connectivity index (χ2v) is 7.24. The first-order valence-corrected chi connectivity index (χ1v) is 9.09. The van der Waals surface area contributed by atoms with Gasteiger partial charge in [-0.15, -0.1) is 0 Å². The number of hydrogen-bond donors (Lipinski definition) is 3. The molecule has 1 fully saturated rings. The molecule has 5 nitrogen and oxygen atoms in total. The van der Waals surface area contributed by atoms with Crippen LogP contribution in [0, 0.1) is 5.92 Å². The second-order valence-electron chi connectivity index (χ2n) is 7.24. The molecule has 136 valence electrons. The number of benzene rings is 2. The second kappa shape index (κ2) is 7.00. The molecule has 0 aromatic heterocycles. The summed E-state index contributed by atoms with van der Waals surface area (Å²) in [7, 11) is 0. The van der Waals surface area contributed by atoms with Crippen LogP contribution in [0.2, 0.25) is 0 Å². The van der Waals surface area contributed by atoms with Gasteiger partial charge in [0.05, 0.1) is 25.2 Å². The normalized spacial score (nSPS) is 22.0. The third kappa shape index (κ3) is 3.53. The van der Waals surface area contributed by atoms with Gasteiger partial charge in [0.25, 0.3) is 0 Å². The fourth-order valence-electron chi connectivity index (χ4n) is 3.85. The monoisotopic (exact) mass is 353 g/mol. The van der Waals surface area contributed by atoms with Crippen molar-refractivity contribution in [2.24, 2.45) is 5.92 Å². The zero-order chi connectivity index (χ0) is 18.1. The molecule has 0 bridgehead atoms. The highest BCUT2D eigenvalue weighted by atomic mass is 16.5. The Morgan fingerprint density at radius 1 is 1.23 bits per heavy atom. The van der Waals surface area contributed by atoms with Gasteiger partial charge in [0, 0.05) is 6.42 Å². The molecule has 0 saturated heterocycles.